The molecule has 0 saturated heterocycles. The van der Waals surface area contributed by atoms with Crippen molar-refractivity contribution >= 4 is 0 Å². The van der Waals surface area contributed by atoms with Gasteiger partial charge in [-0.3, -0.25) is 0 Å². The Labute approximate surface area is 138 Å². The molecule has 5 atom stereocenters. The summed E-state index contributed by atoms with van der Waals surface area (Å²) < 4.78 is 78.6. The zero-order chi connectivity index (χ0) is 18.9. The maximum atomic E-state index is 13.1. The molecule has 0 spiro atoms. The molecule has 2 rings (SSSR count). The third-order valence-corrected chi connectivity index (χ3v) is 7.38. The smallest absolute Gasteiger partial charge is 0.374 e. The van der Waals surface area contributed by atoms with Gasteiger partial charge >= 0.3 is 12.4 Å². The predicted octanol–water partition coefficient (Wildman–Crippen LogP) is 5.58. The Morgan fingerprint density at radius 2 is 1.46 bits per heavy atom. The van der Waals surface area contributed by atoms with Gasteiger partial charge in [0.1, 0.15) is 0 Å². The highest BCUT2D eigenvalue weighted by Gasteiger charge is 2.76. The molecule has 0 heterocycles. The van der Waals surface area contributed by atoms with Crippen molar-refractivity contribution in [3.63, 3.8) is 0 Å². The van der Waals surface area contributed by atoms with Crippen molar-refractivity contribution in [1.82, 2.24) is 0 Å². The lowest BCUT2D eigenvalue weighted by atomic mass is 9.59. The van der Waals surface area contributed by atoms with E-state index in [2.05, 4.69) is 0 Å². The first-order valence-electron chi connectivity index (χ1n) is 8.43. The van der Waals surface area contributed by atoms with Crippen LogP contribution in [0.15, 0.2) is 0 Å². The van der Waals surface area contributed by atoms with Gasteiger partial charge in [0.25, 0.3) is 5.60 Å². The number of hydrogen-bond donors (Lipinski definition) is 1. The first kappa shape index (κ1) is 19.9. The summed E-state index contributed by atoms with van der Waals surface area (Å²) >= 11 is 0. The molecular formula is C17H26F6O. The number of alkyl halides is 6. The average Bonchev–Trinajstić information content (AvgIpc) is 3.01. The van der Waals surface area contributed by atoms with Crippen molar-refractivity contribution in [2.75, 3.05) is 0 Å². The van der Waals surface area contributed by atoms with Gasteiger partial charge in [0, 0.05) is 0 Å². The normalized spacial score (nSPS) is 39.5. The molecule has 5 unspecified atom stereocenters. The fraction of sp³-hybridized carbons (Fsp3) is 1.00. The summed E-state index contributed by atoms with van der Waals surface area (Å²) in [6.07, 6.45) is -12.0. The van der Waals surface area contributed by atoms with Crippen LogP contribution in [0.4, 0.5) is 26.3 Å². The van der Waals surface area contributed by atoms with E-state index in [0.717, 1.165) is 0 Å². The highest BCUT2D eigenvalue weighted by molar-refractivity contribution is 5.20. The van der Waals surface area contributed by atoms with Gasteiger partial charge in [-0.25, -0.2) is 0 Å². The van der Waals surface area contributed by atoms with E-state index < -0.39 is 35.7 Å². The zero-order valence-corrected chi connectivity index (χ0v) is 14.6. The first-order chi connectivity index (χ1) is 10.6. The van der Waals surface area contributed by atoms with Crippen LogP contribution in [0.5, 0.6) is 0 Å². The average molecular weight is 360 g/mol. The minimum absolute atomic E-state index is 0.00263. The molecule has 142 valence electrons. The molecule has 0 bridgehead atoms. The zero-order valence-electron chi connectivity index (χ0n) is 14.6. The topological polar surface area (TPSA) is 20.2 Å². The molecule has 2 aliphatic carbocycles. The van der Waals surface area contributed by atoms with Crippen LogP contribution in [0.3, 0.4) is 0 Å². The van der Waals surface area contributed by atoms with Gasteiger partial charge in [0.2, 0.25) is 0 Å². The maximum Gasteiger partial charge on any atom is 0.426 e. The molecule has 24 heavy (non-hydrogen) atoms. The molecule has 0 aromatic heterocycles. The second kappa shape index (κ2) is 5.27. The quantitative estimate of drug-likeness (QED) is 0.652. The highest BCUT2D eigenvalue weighted by Crippen LogP contribution is 2.77. The highest BCUT2D eigenvalue weighted by atomic mass is 19.4. The molecule has 0 aromatic carbocycles. The van der Waals surface area contributed by atoms with E-state index in [1.54, 1.807) is 0 Å². The number of fused-ring (bicyclic) bond motifs is 1. The van der Waals surface area contributed by atoms with Crippen LogP contribution < -0.4 is 0 Å². The Morgan fingerprint density at radius 1 is 1.00 bits per heavy atom. The lowest BCUT2D eigenvalue weighted by Crippen LogP contribution is -2.59. The second-order valence-electron chi connectivity index (χ2n) is 8.45. The van der Waals surface area contributed by atoms with Gasteiger partial charge in [-0.15, -0.1) is 0 Å². The van der Waals surface area contributed by atoms with E-state index in [1.807, 2.05) is 34.6 Å². The third kappa shape index (κ3) is 2.40. The van der Waals surface area contributed by atoms with E-state index >= 15 is 0 Å². The molecule has 2 aliphatic rings. The molecule has 7 heteroatoms. The molecule has 1 N–H and O–H groups in total. The number of aliphatic hydroxyl groups is 1. The maximum absolute atomic E-state index is 13.1. The summed E-state index contributed by atoms with van der Waals surface area (Å²) in [5.74, 6) is -0.630. The summed E-state index contributed by atoms with van der Waals surface area (Å²) in [6, 6.07) is 0. The van der Waals surface area contributed by atoms with Crippen molar-refractivity contribution < 1.29 is 31.4 Å². The molecule has 0 aromatic rings. The van der Waals surface area contributed by atoms with Gasteiger partial charge < -0.3 is 5.11 Å². The van der Waals surface area contributed by atoms with Crippen molar-refractivity contribution in [3.05, 3.63) is 0 Å². The standard InChI is InChI=1S/C17H26F6O/c1-6-14-10(3)12(14)13(4,5)9(2)7-11(14)8-15(24,16(18,19)20)17(21,22)23/h9-12,24H,6-8H2,1-5H3. The Hall–Kier alpha value is -0.460. The summed E-state index contributed by atoms with van der Waals surface area (Å²) in [7, 11) is 0. The summed E-state index contributed by atoms with van der Waals surface area (Å²) in [5, 5.41) is 9.64. The van der Waals surface area contributed by atoms with Crippen LogP contribution >= 0.6 is 0 Å². The minimum Gasteiger partial charge on any atom is -0.374 e. The second-order valence-corrected chi connectivity index (χ2v) is 8.45. The van der Waals surface area contributed by atoms with E-state index in [1.165, 1.54) is 0 Å². The fourth-order valence-corrected chi connectivity index (χ4v) is 5.73. The molecule has 2 saturated carbocycles. The Balaban J connectivity index is 2.41. The largest absolute Gasteiger partial charge is 0.426 e. The van der Waals surface area contributed by atoms with Crippen LogP contribution in [-0.4, -0.2) is 23.1 Å². The van der Waals surface area contributed by atoms with Crippen LogP contribution in [0.2, 0.25) is 0 Å². The fourth-order valence-electron chi connectivity index (χ4n) is 5.73. The van der Waals surface area contributed by atoms with Gasteiger partial charge in [0.05, 0.1) is 0 Å². The van der Waals surface area contributed by atoms with Gasteiger partial charge in [-0.2, -0.15) is 26.3 Å². The molecule has 0 amide bonds. The van der Waals surface area contributed by atoms with Crippen LogP contribution in [0.25, 0.3) is 0 Å². The van der Waals surface area contributed by atoms with Gasteiger partial charge in [-0.1, -0.05) is 34.6 Å². The minimum atomic E-state index is -5.73. The van der Waals surface area contributed by atoms with Crippen LogP contribution in [-0.2, 0) is 0 Å². The molecular weight excluding hydrogens is 334 g/mol. The van der Waals surface area contributed by atoms with Crippen molar-refractivity contribution in [2.24, 2.45) is 34.5 Å². The molecule has 0 aliphatic heterocycles. The lowest BCUT2D eigenvalue weighted by molar-refractivity contribution is -0.374. The van der Waals surface area contributed by atoms with Crippen molar-refractivity contribution in [3.8, 4) is 0 Å². The van der Waals surface area contributed by atoms with Crippen molar-refractivity contribution in [1.29, 1.82) is 0 Å². The summed E-state index contributed by atoms with van der Waals surface area (Å²) in [5.41, 5.74) is -5.30. The number of halogens is 6. The molecule has 2 fully saturated rings. The SMILES string of the molecule is CCC12C(CC(O)(C(F)(F)F)C(F)(F)F)CC(C)C(C)(C)C1C2C. The summed E-state index contributed by atoms with van der Waals surface area (Å²) in [6.45, 7) is 9.73. The monoisotopic (exact) mass is 360 g/mol. The van der Waals surface area contributed by atoms with E-state index in [9.17, 15) is 31.4 Å². The Kier molecular flexibility index (Phi) is 4.36. The third-order valence-electron chi connectivity index (χ3n) is 7.38. The predicted molar refractivity (Wildman–Crippen MR) is 78.1 cm³/mol. The molecule has 1 nitrogen and oxygen atoms in total. The number of rotatable bonds is 3. The van der Waals surface area contributed by atoms with E-state index in [4.69, 9.17) is 0 Å². The first-order valence-corrected chi connectivity index (χ1v) is 8.43. The molecule has 0 radical (unpaired) electrons. The van der Waals surface area contributed by atoms with Gasteiger partial charge in [0.15, 0.2) is 0 Å². The Bertz CT molecular complexity index is 480. The lowest BCUT2D eigenvalue weighted by Gasteiger charge is -2.47. The summed E-state index contributed by atoms with van der Waals surface area (Å²) in [4.78, 5) is 0. The van der Waals surface area contributed by atoms with Crippen LogP contribution in [0, 0.1) is 34.5 Å². The van der Waals surface area contributed by atoms with Gasteiger partial charge in [-0.05, 0) is 53.8 Å². The Morgan fingerprint density at radius 3 is 1.83 bits per heavy atom. The van der Waals surface area contributed by atoms with E-state index in [-0.39, 0.29) is 29.6 Å². The van der Waals surface area contributed by atoms with E-state index in [0.29, 0.717) is 6.42 Å². The van der Waals surface area contributed by atoms with Crippen molar-refractivity contribution in [2.45, 2.75) is 71.8 Å². The number of hydrogen-bond acceptors (Lipinski definition) is 1. The van der Waals surface area contributed by atoms with Crippen LogP contribution in [0.1, 0.15) is 53.9 Å².